The molecule has 7 nitrogen and oxygen atoms in total. The molecule has 1 atom stereocenters. The van der Waals surface area contributed by atoms with Crippen molar-refractivity contribution >= 4 is 17.3 Å². The third-order valence-electron chi connectivity index (χ3n) is 5.93. The first-order valence-electron chi connectivity index (χ1n) is 10.5. The largest absolute Gasteiger partial charge is 1.00 e. The molecule has 0 spiro atoms. The fraction of sp³-hybridized carbons (Fsp3) is 0.591. The maximum atomic E-state index is 10.7. The zero-order chi connectivity index (χ0) is 21.6. The lowest BCUT2D eigenvalue weighted by molar-refractivity contribution is -0.908. The van der Waals surface area contributed by atoms with Crippen LogP contribution in [0.25, 0.3) is 0 Å². The van der Waals surface area contributed by atoms with Gasteiger partial charge in [0, 0.05) is 23.9 Å². The Morgan fingerprint density at radius 1 is 1.16 bits per heavy atom. The van der Waals surface area contributed by atoms with Gasteiger partial charge in [-0.25, -0.2) is 9.13 Å². The van der Waals surface area contributed by atoms with E-state index in [-0.39, 0.29) is 54.1 Å². The van der Waals surface area contributed by atoms with Crippen molar-refractivity contribution < 1.29 is 62.1 Å². The molecule has 0 amide bonds. The summed E-state index contributed by atoms with van der Waals surface area (Å²) >= 11 is 0. The van der Waals surface area contributed by atoms with Gasteiger partial charge in [0.2, 0.25) is 0 Å². The van der Waals surface area contributed by atoms with Gasteiger partial charge in [-0.05, 0) is 51.5 Å². The quantitative estimate of drug-likeness (QED) is 0.131. The van der Waals surface area contributed by atoms with E-state index in [0.29, 0.717) is 6.54 Å². The molecule has 0 bridgehead atoms. The Balaban J connectivity index is 0.00000450. The first-order valence-corrected chi connectivity index (χ1v) is 10.5. The van der Waals surface area contributed by atoms with Crippen molar-refractivity contribution in [1.29, 1.82) is 0 Å². The summed E-state index contributed by atoms with van der Waals surface area (Å²) in [5.41, 5.74) is 3.03. The second-order valence-electron chi connectivity index (χ2n) is 8.12. The molecule has 0 aliphatic carbocycles. The van der Waals surface area contributed by atoms with Gasteiger partial charge in [-0.1, -0.05) is 5.11 Å². The molecule has 1 N–H and O–H groups in total. The molecule has 0 radical (unpaired) electrons. The molecule has 0 saturated carbocycles. The van der Waals surface area contributed by atoms with E-state index in [2.05, 4.69) is 62.0 Å². The zero-order valence-corrected chi connectivity index (χ0v) is 24.2. The predicted octanol–water partition coefficient (Wildman–Crippen LogP) is -2.74. The van der Waals surface area contributed by atoms with E-state index in [9.17, 15) is 5.11 Å². The van der Waals surface area contributed by atoms with E-state index in [4.69, 9.17) is 0 Å². The van der Waals surface area contributed by atoms with Crippen molar-refractivity contribution in [2.75, 3.05) is 44.7 Å². The van der Waals surface area contributed by atoms with E-state index in [1.54, 1.807) is 0 Å². The van der Waals surface area contributed by atoms with E-state index >= 15 is 0 Å². The maximum Gasteiger partial charge on any atom is 0.421 e. The van der Waals surface area contributed by atoms with E-state index < -0.39 is 0 Å². The number of quaternary nitrogens is 1. The van der Waals surface area contributed by atoms with Crippen molar-refractivity contribution in [3.8, 4) is 0 Å². The number of anilines is 1. The Morgan fingerprint density at radius 3 is 2.29 bits per heavy atom. The summed E-state index contributed by atoms with van der Waals surface area (Å²) in [6.45, 7) is 12.8. The van der Waals surface area contributed by atoms with Crippen molar-refractivity contribution in [3.63, 3.8) is 0 Å². The number of nitrogens with zero attached hydrogens (tertiary/aromatic N) is 6. The van der Waals surface area contributed by atoms with Crippen LogP contribution in [0.4, 0.5) is 17.3 Å². The standard InChI is InChI=1S/C22H38N6O.2HI/c1-8-27(16-20(29)17-28(7,9-2)10-3)19-11-12-21(18(4)15-19)23-24-22-25(5)13-14-26(22)6;;/h11-15,20,29H,8-10,16-17H2,1-7H3;2*1H/q+2;;/p-2. The molecule has 0 fully saturated rings. The number of hydrogen-bond acceptors (Lipinski definition) is 4. The Kier molecular flexibility index (Phi) is 13.3. The van der Waals surface area contributed by atoms with Crippen molar-refractivity contribution in [1.82, 2.24) is 4.57 Å². The fourth-order valence-corrected chi connectivity index (χ4v) is 3.49. The molecular weight excluding hydrogens is 618 g/mol. The van der Waals surface area contributed by atoms with Crippen LogP contribution in [-0.4, -0.2) is 60.0 Å². The van der Waals surface area contributed by atoms with E-state index in [1.807, 2.05) is 41.7 Å². The molecule has 2 rings (SSSR count). The molecule has 0 aliphatic heterocycles. The fourth-order valence-electron chi connectivity index (χ4n) is 3.49. The molecule has 31 heavy (non-hydrogen) atoms. The highest BCUT2D eigenvalue weighted by Gasteiger charge is 2.23. The van der Waals surface area contributed by atoms with Crippen LogP contribution in [0.1, 0.15) is 26.3 Å². The van der Waals surface area contributed by atoms with Gasteiger partial charge in [-0.2, -0.15) is 0 Å². The number of aryl methyl sites for hydroxylation is 3. The van der Waals surface area contributed by atoms with Crippen molar-refractivity contribution in [2.45, 2.75) is 33.8 Å². The Labute approximate surface area is 221 Å². The summed E-state index contributed by atoms with van der Waals surface area (Å²) < 4.78 is 4.76. The average molecular weight is 656 g/mol. The average Bonchev–Trinajstić information content (AvgIpc) is 3.02. The molecule has 1 unspecified atom stereocenters. The van der Waals surface area contributed by atoms with Gasteiger partial charge in [0.25, 0.3) is 0 Å². The lowest BCUT2D eigenvalue weighted by Crippen LogP contribution is -3.00. The summed E-state index contributed by atoms with van der Waals surface area (Å²) in [5, 5.41) is 19.5. The molecule has 2 aromatic rings. The molecule has 0 aliphatic rings. The molecule has 0 saturated heterocycles. The van der Waals surface area contributed by atoms with Crippen LogP contribution in [0.3, 0.4) is 0 Å². The minimum atomic E-state index is -0.364. The van der Waals surface area contributed by atoms with Gasteiger partial charge in [0.15, 0.2) is 0 Å². The number of likely N-dealkylation sites (N-methyl/N-ethyl adjacent to an activating group) is 2. The van der Waals surface area contributed by atoms with Crippen molar-refractivity contribution in [3.05, 3.63) is 36.2 Å². The van der Waals surface area contributed by atoms with E-state index in [1.165, 1.54) is 0 Å². The summed E-state index contributed by atoms with van der Waals surface area (Å²) in [6.07, 6.45) is 3.54. The van der Waals surface area contributed by atoms with E-state index in [0.717, 1.165) is 53.5 Å². The molecule has 1 aromatic heterocycles. The zero-order valence-electron chi connectivity index (χ0n) is 19.9. The number of azo groups is 1. The Morgan fingerprint density at radius 2 is 1.81 bits per heavy atom. The molecule has 1 aromatic carbocycles. The number of aromatic nitrogens is 2. The van der Waals surface area contributed by atoms with Gasteiger partial charge in [0.1, 0.15) is 18.3 Å². The smallest absolute Gasteiger partial charge is 0.421 e. The SMILES string of the molecule is CCN(CC(O)C[N+](C)(CC)CC)c1ccc(N=Nc2n(C)cc[n+]2C)c(C)c1.[I-].[I-]. The van der Waals surface area contributed by atoms with Crippen LogP contribution < -0.4 is 57.4 Å². The topological polar surface area (TPSA) is 57.0 Å². The number of aliphatic hydroxyl groups is 1. The van der Waals surface area contributed by atoms with Crippen molar-refractivity contribution in [2.24, 2.45) is 24.3 Å². The molecule has 176 valence electrons. The van der Waals surface area contributed by atoms with Crippen LogP contribution in [0.2, 0.25) is 0 Å². The van der Waals surface area contributed by atoms with Gasteiger partial charge in [-0.3, -0.25) is 0 Å². The lowest BCUT2D eigenvalue weighted by atomic mass is 10.1. The number of imidazole rings is 1. The van der Waals surface area contributed by atoms with Gasteiger partial charge in [-0.15, -0.1) is 0 Å². The van der Waals surface area contributed by atoms with Gasteiger partial charge in [0.05, 0.1) is 46.6 Å². The third kappa shape index (κ3) is 8.25. The third-order valence-corrected chi connectivity index (χ3v) is 5.93. The highest BCUT2D eigenvalue weighted by molar-refractivity contribution is 5.57. The minimum Gasteiger partial charge on any atom is -1.00 e. The number of aliphatic hydroxyl groups excluding tert-OH is 1. The summed E-state index contributed by atoms with van der Waals surface area (Å²) in [4.78, 5) is 2.23. The first kappa shape index (κ1) is 30.2. The number of benzene rings is 1. The predicted molar refractivity (Wildman–Crippen MR) is 118 cm³/mol. The number of hydrogen-bond donors (Lipinski definition) is 1. The molecular formula is C22H38I2N6O. The van der Waals surface area contributed by atoms with Crippen LogP contribution in [-0.2, 0) is 14.1 Å². The Hall–Kier alpha value is -0.790. The van der Waals surface area contributed by atoms with Crippen LogP contribution in [0, 0.1) is 6.92 Å². The number of halogens is 2. The maximum absolute atomic E-state index is 10.7. The van der Waals surface area contributed by atoms with Crippen LogP contribution in [0.5, 0.6) is 0 Å². The Bertz CT molecular complexity index is 816. The molecule has 9 heteroatoms. The summed E-state index contributed by atoms with van der Waals surface area (Å²) in [6, 6.07) is 6.20. The highest BCUT2D eigenvalue weighted by Crippen LogP contribution is 2.26. The second-order valence-corrected chi connectivity index (χ2v) is 8.12. The monoisotopic (exact) mass is 656 g/mol. The first-order chi connectivity index (χ1) is 13.7. The summed E-state index contributed by atoms with van der Waals surface area (Å²) in [5.74, 6) is 0.791. The second kappa shape index (κ2) is 13.7. The van der Waals surface area contributed by atoms with Gasteiger partial charge < -0.3 is 62.4 Å². The molecule has 1 heterocycles. The van der Waals surface area contributed by atoms with Gasteiger partial charge >= 0.3 is 5.95 Å². The highest BCUT2D eigenvalue weighted by atomic mass is 127. The van der Waals surface area contributed by atoms with Crippen LogP contribution in [0.15, 0.2) is 40.8 Å². The normalized spacial score (nSPS) is 12.4. The lowest BCUT2D eigenvalue weighted by Gasteiger charge is -2.35. The van der Waals surface area contributed by atoms with Crippen LogP contribution >= 0.6 is 0 Å². The number of rotatable bonds is 10. The minimum absolute atomic E-state index is 0. The summed E-state index contributed by atoms with van der Waals surface area (Å²) in [7, 11) is 6.11.